The van der Waals surface area contributed by atoms with Crippen molar-refractivity contribution in [1.29, 1.82) is 0 Å². The van der Waals surface area contributed by atoms with Crippen molar-refractivity contribution >= 4 is 11.6 Å². The smallest absolute Gasteiger partial charge is 0.238 e. The van der Waals surface area contributed by atoms with Crippen LogP contribution in [0.3, 0.4) is 0 Å². The van der Waals surface area contributed by atoms with Gasteiger partial charge in [0.2, 0.25) is 5.91 Å². The quantitative estimate of drug-likeness (QED) is 0.826. The van der Waals surface area contributed by atoms with E-state index in [-0.39, 0.29) is 12.5 Å². The Hall–Kier alpha value is -2.47. The van der Waals surface area contributed by atoms with E-state index >= 15 is 0 Å². The van der Waals surface area contributed by atoms with Crippen LogP contribution in [0.4, 0.5) is 5.69 Å². The van der Waals surface area contributed by atoms with Gasteiger partial charge in [-0.15, -0.1) is 0 Å². The lowest BCUT2D eigenvalue weighted by Crippen LogP contribution is -2.28. The molecular weight excluding hydrogens is 256 g/mol. The Bertz CT molecular complexity index is 543. The number of hydrogen-bond acceptors (Lipinski definition) is 5. The molecule has 2 N–H and O–H groups in total. The highest BCUT2D eigenvalue weighted by atomic mass is 16.5. The van der Waals surface area contributed by atoms with Gasteiger partial charge in [0.15, 0.2) is 0 Å². The van der Waals surface area contributed by atoms with Gasteiger partial charge in [0, 0.05) is 18.4 Å². The number of aromatic nitrogens is 2. The number of carbonyl (C=O) groups excluding carboxylic acids is 1. The van der Waals surface area contributed by atoms with Crippen LogP contribution in [-0.2, 0) is 11.3 Å². The molecule has 1 aromatic heterocycles. The number of amides is 1. The summed E-state index contributed by atoms with van der Waals surface area (Å²) >= 11 is 0. The maximum Gasteiger partial charge on any atom is 0.238 e. The molecule has 0 radical (unpaired) electrons. The zero-order valence-corrected chi connectivity index (χ0v) is 11.2. The summed E-state index contributed by atoms with van der Waals surface area (Å²) < 4.78 is 5.05. The zero-order valence-electron chi connectivity index (χ0n) is 11.2. The Kier molecular flexibility index (Phi) is 5.02. The monoisotopic (exact) mass is 272 g/mol. The number of nitrogens with one attached hydrogen (secondary N) is 2. The lowest BCUT2D eigenvalue weighted by atomic mass is 10.3. The minimum Gasteiger partial charge on any atom is -0.497 e. The fraction of sp³-hybridized carbons (Fsp3) is 0.214. The molecule has 6 nitrogen and oxygen atoms in total. The number of methoxy groups -OCH3 is 1. The number of hydrogen-bond donors (Lipinski definition) is 2. The minimum atomic E-state index is -0.112. The molecule has 0 fully saturated rings. The summed E-state index contributed by atoms with van der Waals surface area (Å²) in [5, 5.41) is 13.5. The van der Waals surface area contributed by atoms with Crippen LogP contribution >= 0.6 is 0 Å². The molecule has 104 valence electrons. The fourth-order valence-electron chi connectivity index (χ4n) is 1.61. The third kappa shape index (κ3) is 4.33. The summed E-state index contributed by atoms with van der Waals surface area (Å²) in [7, 11) is 1.60. The first-order valence-corrected chi connectivity index (χ1v) is 6.19. The molecule has 0 unspecified atom stereocenters. The molecule has 0 aliphatic heterocycles. The fourth-order valence-corrected chi connectivity index (χ4v) is 1.61. The van der Waals surface area contributed by atoms with Crippen LogP contribution < -0.4 is 15.4 Å². The van der Waals surface area contributed by atoms with Crippen LogP contribution in [-0.4, -0.2) is 29.8 Å². The van der Waals surface area contributed by atoms with Crippen molar-refractivity contribution < 1.29 is 9.53 Å². The van der Waals surface area contributed by atoms with Crippen molar-refractivity contribution in [2.45, 2.75) is 6.54 Å². The summed E-state index contributed by atoms with van der Waals surface area (Å²) in [5.41, 5.74) is 1.53. The first kappa shape index (κ1) is 14.0. The SMILES string of the molecule is COc1ccc(NC(=O)CNCc2cccnn2)cc1. The largest absolute Gasteiger partial charge is 0.497 e. The molecule has 0 saturated heterocycles. The molecule has 6 heteroatoms. The minimum absolute atomic E-state index is 0.112. The lowest BCUT2D eigenvalue weighted by molar-refractivity contribution is -0.115. The summed E-state index contributed by atoms with van der Waals surface area (Å²) in [6.07, 6.45) is 1.61. The van der Waals surface area contributed by atoms with Gasteiger partial charge in [-0.3, -0.25) is 4.79 Å². The Morgan fingerprint density at radius 2 is 2.05 bits per heavy atom. The Morgan fingerprint density at radius 3 is 2.70 bits per heavy atom. The second kappa shape index (κ2) is 7.20. The molecule has 0 aliphatic rings. The van der Waals surface area contributed by atoms with Gasteiger partial charge in [-0.1, -0.05) is 0 Å². The standard InChI is InChI=1S/C14H16N4O2/c1-20-13-6-4-11(5-7-13)17-14(19)10-15-9-12-3-2-8-16-18-12/h2-8,15H,9-10H2,1H3,(H,17,19). The number of ether oxygens (including phenoxy) is 1. The molecule has 0 spiro atoms. The summed E-state index contributed by atoms with van der Waals surface area (Å²) in [4.78, 5) is 11.7. The molecule has 2 aromatic rings. The van der Waals surface area contributed by atoms with E-state index in [1.54, 1.807) is 43.6 Å². The maximum atomic E-state index is 11.7. The van der Waals surface area contributed by atoms with Gasteiger partial charge >= 0.3 is 0 Å². The molecule has 0 saturated carbocycles. The van der Waals surface area contributed by atoms with Gasteiger partial charge in [0.25, 0.3) is 0 Å². The van der Waals surface area contributed by atoms with E-state index in [4.69, 9.17) is 4.74 Å². The van der Waals surface area contributed by atoms with Gasteiger partial charge in [0.1, 0.15) is 5.75 Å². The second-order valence-electron chi connectivity index (χ2n) is 4.10. The van der Waals surface area contributed by atoms with E-state index in [9.17, 15) is 4.79 Å². The summed E-state index contributed by atoms with van der Waals surface area (Å²) in [6, 6.07) is 10.8. The van der Waals surface area contributed by atoms with E-state index in [1.165, 1.54) is 0 Å². The number of anilines is 1. The summed E-state index contributed by atoms with van der Waals surface area (Å²) in [6.45, 7) is 0.715. The number of benzene rings is 1. The molecule has 1 aromatic carbocycles. The highest BCUT2D eigenvalue weighted by Gasteiger charge is 2.02. The van der Waals surface area contributed by atoms with Gasteiger partial charge in [0.05, 0.1) is 19.3 Å². The molecule has 0 aliphatic carbocycles. The van der Waals surface area contributed by atoms with Crippen molar-refractivity contribution in [3.8, 4) is 5.75 Å². The van der Waals surface area contributed by atoms with Crippen molar-refractivity contribution in [3.63, 3.8) is 0 Å². The van der Waals surface area contributed by atoms with Crippen LogP contribution in [0.15, 0.2) is 42.6 Å². The number of carbonyl (C=O) groups is 1. The van der Waals surface area contributed by atoms with E-state index in [2.05, 4.69) is 20.8 Å². The molecule has 1 amide bonds. The second-order valence-corrected chi connectivity index (χ2v) is 4.10. The van der Waals surface area contributed by atoms with Crippen molar-refractivity contribution in [2.24, 2.45) is 0 Å². The highest BCUT2D eigenvalue weighted by Crippen LogP contribution is 2.14. The van der Waals surface area contributed by atoms with Gasteiger partial charge in [-0.05, 0) is 36.4 Å². The van der Waals surface area contributed by atoms with Gasteiger partial charge in [-0.25, -0.2) is 0 Å². The molecule has 2 rings (SSSR count). The molecule has 0 bridgehead atoms. The lowest BCUT2D eigenvalue weighted by Gasteiger charge is -2.07. The van der Waals surface area contributed by atoms with Gasteiger partial charge < -0.3 is 15.4 Å². The average Bonchev–Trinajstić information content (AvgIpc) is 2.49. The molecule has 1 heterocycles. The van der Waals surface area contributed by atoms with Crippen LogP contribution in [0.2, 0.25) is 0 Å². The topological polar surface area (TPSA) is 76.1 Å². The van der Waals surface area contributed by atoms with Crippen molar-refractivity contribution in [1.82, 2.24) is 15.5 Å². The van der Waals surface area contributed by atoms with E-state index < -0.39 is 0 Å². The molecule has 0 atom stereocenters. The highest BCUT2D eigenvalue weighted by molar-refractivity contribution is 5.92. The number of rotatable bonds is 6. The predicted molar refractivity (Wildman–Crippen MR) is 75.4 cm³/mol. The van der Waals surface area contributed by atoms with Crippen LogP contribution in [0.5, 0.6) is 5.75 Å². The first-order valence-electron chi connectivity index (χ1n) is 6.19. The Labute approximate surface area is 117 Å². The zero-order chi connectivity index (χ0) is 14.2. The van der Waals surface area contributed by atoms with Crippen LogP contribution in [0, 0.1) is 0 Å². The van der Waals surface area contributed by atoms with Crippen molar-refractivity contribution in [2.75, 3.05) is 19.0 Å². The molecule has 20 heavy (non-hydrogen) atoms. The number of nitrogens with zero attached hydrogens (tertiary/aromatic N) is 2. The van der Waals surface area contributed by atoms with E-state index in [1.807, 2.05) is 6.07 Å². The molecular formula is C14H16N4O2. The third-order valence-electron chi connectivity index (χ3n) is 2.59. The Morgan fingerprint density at radius 1 is 1.25 bits per heavy atom. The maximum absolute atomic E-state index is 11.7. The van der Waals surface area contributed by atoms with Crippen molar-refractivity contribution in [3.05, 3.63) is 48.3 Å². The summed E-state index contributed by atoms with van der Waals surface area (Å²) in [5.74, 6) is 0.642. The third-order valence-corrected chi connectivity index (χ3v) is 2.59. The predicted octanol–water partition coefficient (Wildman–Crippen LogP) is 1.21. The van der Waals surface area contributed by atoms with E-state index in [0.717, 1.165) is 17.1 Å². The first-order chi connectivity index (χ1) is 9.78. The van der Waals surface area contributed by atoms with Gasteiger partial charge in [-0.2, -0.15) is 10.2 Å². The van der Waals surface area contributed by atoms with Crippen LogP contribution in [0.1, 0.15) is 5.69 Å². The van der Waals surface area contributed by atoms with Crippen LogP contribution in [0.25, 0.3) is 0 Å². The Balaban J connectivity index is 1.74. The average molecular weight is 272 g/mol. The normalized spacial score (nSPS) is 10.1. The van der Waals surface area contributed by atoms with E-state index in [0.29, 0.717) is 6.54 Å².